The lowest BCUT2D eigenvalue weighted by atomic mass is 9.82. The molecule has 0 saturated heterocycles. The van der Waals surface area contributed by atoms with Crippen LogP contribution in [0.3, 0.4) is 0 Å². The molecule has 0 atom stereocenters. The number of carboxylic acid groups (broad SMARTS) is 1. The van der Waals surface area contributed by atoms with Gasteiger partial charge in [-0.15, -0.1) is 0 Å². The van der Waals surface area contributed by atoms with Gasteiger partial charge in [-0.3, -0.25) is 9.59 Å². The first-order valence-corrected chi connectivity index (χ1v) is 10.4. The van der Waals surface area contributed by atoms with E-state index in [1.807, 2.05) is 0 Å². The number of rotatable bonds is 10. The Morgan fingerprint density at radius 3 is 2.37 bits per heavy atom. The Morgan fingerprint density at radius 2 is 1.89 bits per heavy atom. The van der Waals surface area contributed by atoms with Gasteiger partial charge in [0.15, 0.2) is 0 Å². The fourth-order valence-corrected chi connectivity index (χ4v) is 4.24. The van der Waals surface area contributed by atoms with Crippen molar-refractivity contribution < 1.29 is 27.9 Å². The second-order valence-electron chi connectivity index (χ2n) is 6.74. The van der Waals surface area contributed by atoms with Gasteiger partial charge in [0.1, 0.15) is 10.6 Å². The molecular weight excluding hydrogens is 372 g/mol. The van der Waals surface area contributed by atoms with E-state index >= 15 is 0 Å². The minimum absolute atomic E-state index is 0.0391. The van der Waals surface area contributed by atoms with Crippen molar-refractivity contribution in [3.8, 4) is 5.75 Å². The van der Waals surface area contributed by atoms with E-state index in [1.54, 1.807) is 13.8 Å². The summed E-state index contributed by atoms with van der Waals surface area (Å²) in [4.78, 5) is 23.9. The summed E-state index contributed by atoms with van der Waals surface area (Å²) < 4.78 is 32.8. The number of hydrogen-bond acceptors (Lipinski definition) is 5. The van der Waals surface area contributed by atoms with Crippen molar-refractivity contribution in [3.63, 3.8) is 0 Å². The third kappa shape index (κ3) is 4.78. The Balaban J connectivity index is 2.24. The number of sulfonamides is 1. The van der Waals surface area contributed by atoms with Crippen LogP contribution in [-0.4, -0.2) is 45.1 Å². The molecule has 1 aromatic rings. The largest absolute Gasteiger partial charge is 0.495 e. The zero-order valence-corrected chi connectivity index (χ0v) is 16.6. The Bertz CT molecular complexity index is 813. The van der Waals surface area contributed by atoms with Gasteiger partial charge in [0.25, 0.3) is 5.91 Å². The molecule has 1 aliphatic carbocycles. The number of methoxy groups -OCH3 is 1. The fraction of sp³-hybridized carbons (Fsp3) is 0.556. The highest BCUT2D eigenvalue weighted by molar-refractivity contribution is 7.89. The van der Waals surface area contributed by atoms with Gasteiger partial charge in [-0.05, 0) is 43.9 Å². The maximum atomic E-state index is 12.5. The maximum absolute atomic E-state index is 12.5. The molecule has 1 aromatic carbocycles. The Hall–Kier alpha value is -2.13. The summed E-state index contributed by atoms with van der Waals surface area (Å²) in [6.45, 7) is 3.47. The highest BCUT2D eigenvalue weighted by Crippen LogP contribution is 2.29. The summed E-state index contributed by atoms with van der Waals surface area (Å²) in [6.07, 6.45) is 2.30. The van der Waals surface area contributed by atoms with Crippen LogP contribution in [0.1, 0.15) is 49.9 Å². The van der Waals surface area contributed by atoms with Crippen LogP contribution in [0.5, 0.6) is 5.75 Å². The highest BCUT2D eigenvalue weighted by Gasteiger charge is 2.35. The monoisotopic (exact) mass is 398 g/mol. The van der Waals surface area contributed by atoms with E-state index in [1.165, 1.54) is 25.3 Å². The second kappa shape index (κ2) is 8.26. The van der Waals surface area contributed by atoms with E-state index < -0.39 is 27.3 Å². The number of ether oxygens (including phenoxy) is 1. The summed E-state index contributed by atoms with van der Waals surface area (Å²) >= 11 is 0. The first kappa shape index (κ1) is 21.2. The van der Waals surface area contributed by atoms with Crippen LogP contribution in [-0.2, 0) is 14.8 Å². The van der Waals surface area contributed by atoms with Crippen molar-refractivity contribution in [3.05, 3.63) is 23.8 Å². The van der Waals surface area contributed by atoms with Gasteiger partial charge in [0.05, 0.1) is 12.5 Å². The molecule has 150 valence electrons. The third-order valence-corrected chi connectivity index (χ3v) is 6.55. The predicted molar refractivity (Wildman–Crippen MR) is 99.3 cm³/mol. The molecule has 1 aliphatic rings. The van der Waals surface area contributed by atoms with Gasteiger partial charge >= 0.3 is 5.97 Å². The number of carbonyl (C=O) groups is 2. The molecule has 0 aromatic heterocycles. The van der Waals surface area contributed by atoms with Crippen LogP contribution < -0.4 is 14.8 Å². The highest BCUT2D eigenvalue weighted by atomic mass is 32.2. The molecule has 0 unspecified atom stereocenters. The normalized spacial score (nSPS) is 14.6. The molecule has 3 N–H and O–H groups in total. The van der Waals surface area contributed by atoms with Crippen molar-refractivity contribution >= 4 is 21.9 Å². The van der Waals surface area contributed by atoms with Gasteiger partial charge in [0, 0.05) is 18.2 Å². The molecule has 0 bridgehead atoms. The van der Waals surface area contributed by atoms with Crippen LogP contribution in [0.2, 0.25) is 0 Å². The average Bonchev–Trinajstić information content (AvgIpc) is 3.45. The van der Waals surface area contributed by atoms with Crippen LogP contribution in [0.4, 0.5) is 0 Å². The molecular formula is C18H26N2O6S. The van der Waals surface area contributed by atoms with Crippen molar-refractivity contribution in [2.75, 3.05) is 13.7 Å². The number of amides is 1. The first-order chi connectivity index (χ1) is 12.7. The van der Waals surface area contributed by atoms with Crippen LogP contribution in [0.25, 0.3) is 0 Å². The SMILES string of the molecule is CCC(CC)(CNC(=O)c1ccc(OC)c(S(=O)(=O)NC2CC2)c1)C(=O)O. The number of carbonyl (C=O) groups excluding carboxylic acids is 1. The van der Waals surface area contributed by atoms with E-state index in [-0.39, 0.29) is 28.8 Å². The molecule has 0 heterocycles. The second-order valence-corrected chi connectivity index (χ2v) is 8.42. The summed E-state index contributed by atoms with van der Waals surface area (Å²) in [6, 6.07) is 4.03. The molecule has 1 fully saturated rings. The quantitative estimate of drug-likeness (QED) is 0.552. The Labute approximate surface area is 159 Å². The lowest BCUT2D eigenvalue weighted by Crippen LogP contribution is -2.42. The number of aliphatic carboxylic acids is 1. The number of carboxylic acids is 1. The van der Waals surface area contributed by atoms with Crippen molar-refractivity contribution in [2.45, 2.75) is 50.5 Å². The number of nitrogens with one attached hydrogen (secondary N) is 2. The van der Waals surface area contributed by atoms with Crippen LogP contribution >= 0.6 is 0 Å². The van der Waals surface area contributed by atoms with Crippen LogP contribution in [0, 0.1) is 5.41 Å². The Morgan fingerprint density at radius 1 is 1.26 bits per heavy atom. The predicted octanol–water partition coefficient (Wildman–Crippen LogP) is 1.76. The smallest absolute Gasteiger partial charge is 0.311 e. The summed E-state index contributed by atoms with van der Waals surface area (Å²) in [7, 11) is -2.45. The van der Waals surface area contributed by atoms with E-state index in [0.29, 0.717) is 12.8 Å². The summed E-state index contributed by atoms with van der Waals surface area (Å²) in [5.41, 5.74) is -0.927. The van der Waals surface area contributed by atoms with Crippen LogP contribution in [0.15, 0.2) is 23.1 Å². The van der Waals surface area contributed by atoms with E-state index in [0.717, 1.165) is 12.8 Å². The van der Waals surface area contributed by atoms with Crippen molar-refractivity contribution in [1.29, 1.82) is 0 Å². The summed E-state index contributed by atoms with van der Waals surface area (Å²) in [5.74, 6) is -1.37. The minimum atomic E-state index is -3.81. The molecule has 9 heteroatoms. The van der Waals surface area contributed by atoms with E-state index in [9.17, 15) is 23.1 Å². The molecule has 2 rings (SSSR count). The lowest BCUT2D eigenvalue weighted by molar-refractivity contribution is -0.149. The molecule has 8 nitrogen and oxygen atoms in total. The van der Waals surface area contributed by atoms with Gasteiger partial charge in [0.2, 0.25) is 10.0 Å². The number of benzene rings is 1. The fourth-order valence-electron chi connectivity index (χ4n) is 2.74. The molecule has 1 saturated carbocycles. The molecule has 0 radical (unpaired) electrons. The molecule has 0 aliphatic heterocycles. The number of hydrogen-bond donors (Lipinski definition) is 3. The first-order valence-electron chi connectivity index (χ1n) is 8.91. The minimum Gasteiger partial charge on any atom is -0.495 e. The topological polar surface area (TPSA) is 122 Å². The maximum Gasteiger partial charge on any atom is 0.311 e. The zero-order chi connectivity index (χ0) is 20.2. The molecule has 0 spiro atoms. The molecule has 1 amide bonds. The lowest BCUT2D eigenvalue weighted by Gasteiger charge is -2.26. The third-order valence-electron chi connectivity index (χ3n) is 5.01. The standard InChI is InChI=1S/C18H26N2O6S/c1-4-18(5-2,17(22)23)11-19-16(21)12-6-9-14(26-3)15(10-12)27(24,25)20-13-7-8-13/h6,9-10,13,20H,4-5,7-8,11H2,1-3H3,(H,19,21)(H,22,23). The van der Waals surface area contributed by atoms with E-state index in [4.69, 9.17) is 4.74 Å². The Kier molecular flexibility index (Phi) is 6.48. The van der Waals surface area contributed by atoms with Crippen molar-refractivity contribution in [1.82, 2.24) is 10.0 Å². The average molecular weight is 398 g/mol. The molecule has 27 heavy (non-hydrogen) atoms. The van der Waals surface area contributed by atoms with E-state index in [2.05, 4.69) is 10.0 Å². The summed E-state index contributed by atoms with van der Waals surface area (Å²) in [5, 5.41) is 12.1. The van der Waals surface area contributed by atoms with Gasteiger partial charge < -0.3 is 15.2 Å². The zero-order valence-electron chi connectivity index (χ0n) is 15.7. The van der Waals surface area contributed by atoms with Crippen molar-refractivity contribution in [2.24, 2.45) is 5.41 Å². The van der Waals surface area contributed by atoms with Gasteiger partial charge in [-0.2, -0.15) is 0 Å². The van der Waals surface area contributed by atoms with Gasteiger partial charge in [-0.1, -0.05) is 13.8 Å². The van der Waals surface area contributed by atoms with Gasteiger partial charge in [-0.25, -0.2) is 13.1 Å².